The van der Waals surface area contributed by atoms with E-state index in [1.165, 1.54) is 22.3 Å². The van der Waals surface area contributed by atoms with Gasteiger partial charge in [-0.1, -0.05) is 66.6 Å². The molecule has 0 saturated carbocycles. The lowest BCUT2D eigenvalue weighted by molar-refractivity contribution is 0.143. The first-order chi connectivity index (χ1) is 15.3. The van der Waals surface area contributed by atoms with Crippen LogP contribution in [0.25, 0.3) is 21.3 Å². The number of benzene rings is 3. The Labute approximate surface area is 184 Å². The number of alkyl carbamates (subject to hydrolysis) is 1. The summed E-state index contributed by atoms with van der Waals surface area (Å²) in [5.41, 5.74) is 5.82. The normalized spacial score (nSPS) is 12.0. The van der Waals surface area contributed by atoms with E-state index in [1.807, 2.05) is 48.5 Å². The zero-order chi connectivity index (χ0) is 21.0. The average Bonchev–Trinajstić information content (AvgIpc) is 3.36. The van der Waals surface area contributed by atoms with E-state index in [1.54, 1.807) is 11.3 Å². The van der Waals surface area contributed by atoms with Gasteiger partial charge in [0.2, 0.25) is 0 Å². The molecule has 5 heteroatoms. The Morgan fingerprint density at radius 3 is 2.39 bits per heavy atom. The number of amides is 1. The SMILES string of the molecule is O=C(NCCC#Cc1nc2ccccc2s1)OCC1c2ccccc2-c2ccccc21. The van der Waals surface area contributed by atoms with Crippen molar-refractivity contribution in [3.8, 4) is 23.0 Å². The molecule has 0 aliphatic heterocycles. The van der Waals surface area contributed by atoms with Gasteiger partial charge in [0.25, 0.3) is 0 Å². The molecule has 1 aromatic heterocycles. The van der Waals surface area contributed by atoms with E-state index in [4.69, 9.17) is 4.74 Å². The van der Waals surface area contributed by atoms with Crippen LogP contribution >= 0.6 is 11.3 Å². The summed E-state index contributed by atoms with van der Waals surface area (Å²) in [6.07, 6.45) is 0.128. The van der Waals surface area contributed by atoms with Gasteiger partial charge >= 0.3 is 6.09 Å². The van der Waals surface area contributed by atoms with Crippen LogP contribution in [0.15, 0.2) is 72.8 Å². The van der Waals surface area contributed by atoms with E-state index in [9.17, 15) is 4.79 Å². The van der Waals surface area contributed by atoms with Crippen molar-refractivity contribution in [2.75, 3.05) is 13.2 Å². The molecule has 5 rings (SSSR count). The van der Waals surface area contributed by atoms with E-state index in [0.29, 0.717) is 19.6 Å². The van der Waals surface area contributed by atoms with E-state index >= 15 is 0 Å². The first kappa shape index (κ1) is 19.3. The zero-order valence-corrected chi connectivity index (χ0v) is 17.6. The molecule has 0 radical (unpaired) electrons. The van der Waals surface area contributed by atoms with Gasteiger partial charge in [-0.15, -0.1) is 11.3 Å². The lowest BCUT2D eigenvalue weighted by Crippen LogP contribution is -2.26. The Bertz CT molecular complexity index is 1240. The highest BCUT2D eigenvalue weighted by Crippen LogP contribution is 2.44. The van der Waals surface area contributed by atoms with Crippen molar-refractivity contribution in [2.24, 2.45) is 0 Å². The first-order valence-electron chi connectivity index (χ1n) is 10.2. The fourth-order valence-electron chi connectivity index (χ4n) is 3.94. The lowest BCUT2D eigenvalue weighted by Gasteiger charge is -2.14. The predicted molar refractivity (Wildman–Crippen MR) is 124 cm³/mol. The van der Waals surface area contributed by atoms with Gasteiger partial charge in [0.1, 0.15) is 6.61 Å². The van der Waals surface area contributed by atoms with Crippen LogP contribution in [0.3, 0.4) is 0 Å². The number of nitrogens with one attached hydrogen (secondary N) is 1. The number of hydrogen-bond acceptors (Lipinski definition) is 4. The van der Waals surface area contributed by atoms with Gasteiger partial charge in [0, 0.05) is 18.9 Å². The molecule has 4 aromatic rings. The molecule has 1 aliphatic carbocycles. The van der Waals surface area contributed by atoms with Gasteiger partial charge in [0.15, 0.2) is 5.01 Å². The van der Waals surface area contributed by atoms with Gasteiger partial charge in [-0.25, -0.2) is 9.78 Å². The van der Waals surface area contributed by atoms with Crippen molar-refractivity contribution in [1.29, 1.82) is 0 Å². The van der Waals surface area contributed by atoms with E-state index in [0.717, 1.165) is 15.2 Å². The maximum Gasteiger partial charge on any atom is 0.407 e. The molecule has 0 saturated heterocycles. The second kappa shape index (κ2) is 8.63. The summed E-state index contributed by atoms with van der Waals surface area (Å²) in [6, 6.07) is 24.6. The Morgan fingerprint density at radius 2 is 1.65 bits per heavy atom. The topological polar surface area (TPSA) is 51.2 Å². The third-order valence-electron chi connectivity index (χ3n) is 5.35. The summed E-state index contributed by atoms with van der Waals surface area (Å²) >= 11 is 1.58. The van der Waals surface area contributed by atoms with Crippen LogP contribution < -0.4 is 5.32 Å². The van der Waals surface area contributed by atoms with Crippen LogP contribution in [0.2, 0.25) is 0 Å². The molecule has 1 heterocycles. The minimum Gasteiger partial charge on any atom is -0.449 e. The standard InChI is InChI=1S/C26H20N2O2S/c29-26(27-16-8-7-15-25-28-23-13-5-6-14-24(23)31-25)30-17-22-20-11-3-1-9-18(20)19-10-2-4-12-21(19)22/h1-6,9-14,22H,8,16-17H2,(H,27,29). The molecule has 31 heavy (non-hydrogen) atoms. The van der Waals surface area contributed by atoms with Crippen LogP contribution in [0.5, 0.6) is 0 Å². The molecule has 1 N–H and O–H groups in total. The molecule has 0 bridgehead atoms. The predicted octanol–water partition coefficient (Wildman–Crippen LogP) is 5.58. The van der Waals surface area contributed by atoms with Crippen LogP contribution in [0.1, 0.15) is 28.5 Å². The molecular weight excluding hydrogens is 404 g/mol. The molecule has 1 amide bonds. The number of thiazole rings is 1. The van der Waals surface area contributed by atoms with Crippen LogP contribution in [-0.4, -0.2) is 24.2 Å². The van der Waals surface area contributed by atoms with Crippen molar-refractivity contribution in [3.05, 3.63) is 88.9 Å². The quantitative estimate of drug-likeness (QED) is 0.344. The number of rotatable bonds is 4. The fraction of sp³-hybridized carbons (Fsp3) is 0.154. The number of ether oxygens (including phenoxy) is 1. The summed E-state index contributed by atoms with van der Waals surface area (Å²) in [6.45, 7) is 0.756. The van der Waals surface area contributed by atoms with Crippen molar-refractivity contribution in [2.45, 2.75) is 12.3 Å². The van der Waals surface area contributed by atoms with Crippen molar-refractivity contribution in [1.82, 2.24) is 10.3 Å². The number of fused-ring (bicyclic) bond motifs is 4. The highest BCUT2D eigenvalue weighted by Gasteiger charge is 2.28. The van der Waals surface area contributed by atoms with Crippen molar-refractivity contribution < 1.29 is 9.53 Å². The highest BCUT2D eigenvalue weighted by molar-refractivity contribution is 7.19. The monoisotopic (exact) mass is 424 g/mol. The number of carbonyl (C=O) groups excluding carboxylic acids is 1. The van der Waals surface area contributed by atoms with Gasteiger partial charge < -0.3 is 10.1 Å². The fourth-order valence-corrected chi connectivity index (χ4v) is 4.78. The molecule has 1 aliphatic rings. The smallest absolute Gasteiger partial charge is 0.407 e. The Kier molecular flexibility index (Phi) is 5.39. The second-order valence-corrected chi connectivity index (χ2v) is 8.32. The highest BCUT2D eigenvalue weighted by atomic mass is 32.1. The van der Waals surface area contributed by atoms with Crippen LogP contribution in [-0.2, 0) is 4.74 Å². The number of nitrogens with zero attached hydrogens (tertiary/aromatic N) is 1. The largest absolute Gasteiger partial charge is 0.449 e. The molecule has 3 aromatic carbocycles. The summed E-state index contributed by atoms with van der Waals surface area (Å²) in [7, 11) is 0. The molecular formula is C26H20N2O2S. The average molecular weight is 425 g/mol. The lowest BCUT2D eigenvalue weighted by atomic mass is 9.98. The number of aromatic nitrogens is 1. The molecule has 0 atom stereocenters. The molecule has 152 valence electrons. The number of carbonyl (C=O) groups is 1. The van der Waals surface area contributed by atoms with Crippen LogP contribution in [0.4, 0.5) is 4.79 Å². The molecule has 0 fully saturated rings. The Hall–Kier alpha value is -3.62. The summed E-state index contributed by atoms with van der Waals surface area (Å²) in [5.74, 6) is 6.21. The Balaban J connectivity index is 1.14. The third kappa shape index (κ3) is 4.03. The molecule has 0 spiro atoms. The molecule has 4 nitrogen and oxygen atoms in total. The van der Waals surface area contributed by atoms with Gasteiger partial charge in [0.05, 0.1) is 10.2 Å². The molecule has 0 unspecified atom stereocenters. The maximum atomic E-state index is 12.2. The van der Waals surface area contributed by atoms with Crippen LogP contribution in [0, 0.1) is 11.8 Å². The Morgan fingerprint density at radius 1 is 0.968 bits per heavy atom. The van der Waals surface area contributed by atoms with Crippen molar-refractivity contribution in [3.63, 3.8) is 0 Å². The van der Waals surface area contributed by atoms with E-state index < -0.39 is 6.09 Å². The summed E-state index contributed by atoms with van der Waals surface area (Å²) in [4.78, 5) is 16.7. The minimum atomic E-state index is -0.413. The van der Waals surface area contributed by atoms with Gasteiger partial charge in [-0.2, -0.15) is 0 Å². The van der Waals surface area contributed by atoms with Gasteiger partial charge in [-0.05, 0) is 40.3 Å². The minimum absolute atomic E-state index is 0.0666. The van der Waals surface area contributed by atoms with E-state index in [-0.39, 0.29) is 5.92 Å². The van der Waals surface area contributed by atoms with E-state index in [2.05, 4.69) is 46.4 Å². The second-order valence-electron chi connectivity index (χ2n) is 7.29. The number of hydrogen-bond donors (Lipinski definition) is 1. The van der Waals surface area contributed by atoms with Gasteiger partial charge in [-0.3, -0.25) is 0 Å². The van der Waals surface area contributed by atoms with Crippen molar-refractivity contribution >= 4 is 27.6 Å². The third-order valence-corrected chi connectivity index (χ3v) is 6.30. The first-order valence-corrected chi connectivity index (χ1v) is 11.0. The maximum absolute atomic E-state index is 12.2. The number of para-hydroxylation sites is 1. The summed E-state index contributed by atoms with van der Waals surface area (Å²) in [5, 5.41) is 3.58. The summed E-state index contributed by atoms with van der Waals surface area (Å²) < 4.78 is 6.66. The zero-order valence-electron chi connectivity index (χ0n) is 16.8.